The van der Waals surface area contributed by atoms with E-state index in [0.717, 1.165) is 60.7 Å². The maximum Gasteiger partial charge on any atom is 0.161 e. The second kappa shape index (κ2) is 12.3. The molecule has 2 aromatic heterocycles. The third-order valence-electron chi connectivity index (χ3n) is 12.5. The van der Waals surface area contributed by atoms with Crippen molar-refractivity contribution in [2.24, 2.45) is 0 Å². The van der Waals surface area contributed by atoms with Gasteiger partial charge in [-0.15, -0.1) is 11.3 Å². The van der Waals surface area contributed by atoms with Gasteiger partial charge in [-0.25, -0.2) is 9.97 Å². The number of fused-ring (bicyclic) bond motifs is 14. The Morgan fingerprint density at radius 1 is 0.424 bits per heavy atom. The first-order valence-corrected chi connectivity index (χ1v) is 20.9. The summed E-state index contributed by atoms with van der Waals surface area (Å²) in [5.41, 5.74) is 13.3. The van der Waals surface area contributed by atoms with E-state index in [0.29, 0.717) is 0 Å². The van der Waals surface area contributed by atoms with Gasteiger partial charge in [-0.05, 0) is 85.3 Å². The topological polar surface area (TPSA) is 35.0 Å². The van der Waals surface area contributed by atoms with Crippen molar-refractivity contribution < 1.29 is 4.74 Å². The molecule has 1 spiro atoms. The molecule has 0 amide bonds. The van der Waals surface area contributed by atoms with Gasteiger partial charge in [0.15, 0.2) is 5.82 Å². The third-order valence-corrected chi connectivity index (χ3v) is 13.7. The number of benzene rings is 9. The lowest BCUT2D eigenvalue weighted by Crippen LogP contribution is -2.32. The molecule has 3 nitrogen and oxygen atoms in total. The summed E-state index contributed by atoms with van der Waals surface area (Å²) in [4.78, 5) is 10.7. The number of rotatable bonds is 3. The fourth-order valence-electron chi connectivity index (χ4n) is 10.0. The van der Waals surface area contributed by atoms with Crippen LogP contribution in [0.1, 0.15) is 22.3 Å². The van der Waals surface area contributed by atoms with Gasteiger partial charge < -0.3 is 4.74 Å². The Morgan fingerprint density at radius 2 is 1.02 bits per heavy atom. The summed E-state index contributed by atoms with van der Waals surface area (Å²) in [5, 5.41) is 5.94. The fourth-order valence-corrected chi connectivity index (χ4v) is 11.2. The SMILES string of the molecule is c1ccc2c(c1)Oc1ccccc1C21c2cc3ccccc3cc2-c2c(-c3ccc(-c4nc(-c5cccc6ccccc56)nc5c4sc4ccccc45)cc3)cccc21. The van der Waals surface area contributed by atoms with Gasteiger partial charge in [0.05, 0.1) is 21.3 Å². The lowest BCUT2D eigenvalue weighted by Gasteiger charge is -2.39. The number of aromatic nitrogens is 2. The van der Waals surface area contributed by atoms with Crippen LogP contribution < -0.4 is 4.74 Å². The molecule has 274 valence electrons. The molecule has 0 atom stereocenters. The van der Waals surface area contributed by atoms with E-state index in [9.17, 15) is 0 Å². The summed E-state index contributed by atoms with van der Waals surface area (Å²) in [7, 11) is 0. The van der Waals surface area contributed by atoms with Crippen molar-refractivity contribution in [1.82, 2.24) is 9.97 Å². The van der Waals surface area contributed by atoms with Crippen LogP contribution in [0.5, 0.6) is 11.5 Å². The van der Waals surface area contributed by atoms with Gasteiger partial charge in [0.1, 0.15) is 11.5 Å². The molecule has 0 saturated carbocycles. The highest BCUT2D eigenvalue weighted by Crippen LogP contribution is 2.63. The Morgan fingerprint density at radius 3 is 1.81 bits per heavy atom. The highest BCUT2D eigenvalue weighted by atomic mass is 32.1. The second-order valence-electron chi connectivity index (χ2n) is 15.6. The number of para-hydroxylation sites is 2. The largest absolute Gasteiger partial charge is 0.457 e. The normalized spacial score (nSPS) is 13.4. The van der Waals surface area contributed by atoms with Crippen LogP contribution in [0.4, 0.5) is 0 Å². The van der Waals surface area contributed by atoms with Gasteiger partial charge in [0.25, 0.3) is 0 Å². The zero-order valence-electron chi connectivity index (χ0n) is 31.7. The summed E-state index contributed by atoms with van der Waals surface area (Å²) < 4.78 is 8.96. The van der Waals surface area contributed by atoms with Crippen LogP contribution in [0.3, 0.4) is 0 Å². The van der Waals surface area contributed by atoms with Crippen molar-refractivity contribution in [3.8, 4) is 56.4 Å². The zero-order valence-corrected chi connectivity index (χ0v) is 32.5. The minimum Gasteiger partial charge on any atom is -0.457 e. The van der Waals surface area contributed by atoms with Gasteiger partial charge in [-0.2, -0.15) is 0 Å². The number of nitrogens with zero attached hydrogens (tertiary/aromatic N) is 2. The molecule has 11 aromatic rings. The van der Waals surface area contributed by atoms with Crippen molar-refractivity contribution in [2.45, 2.75) is 5.41 Å². The monoisotopic (exact) mass is 768 g/mol. The molecule has 0 radical (unpaired) electrons. The molecule has 1 aliphatic carbocycles. The predicted octanol–water partition coefficient (Wildman–Crippen LogP) is 14.6. The van der Waals surface area contributed by atoms with Gasteiger partial charge in [0, 0.05) is 32.3 Å². The Hall–Kier alpha value is -7.40. The van der Waals surface area contributed by atoms with E-state index in [-0.39, 0.29) is 0 Å². The number of thiophene rings is 1. The van der Waals surface area contributed by atoms with E-state index in [1.807, 2.05) is 0 Å². The summed E-state index contributed by atoms with van der Waals surface area (Å²) in [6.45, 7) is 0. The molecular formula is C55H32N2OS. The van der Waals surface area contributed by atoms with Crippen molar-refractivity contribution in [3.05, 3.63) is 216 Å². The average Bonchev–Trinajstić information content (AvgIpc) is 3.81. The minimum atomic E-state index is -0.554. The van der Waals surface area contributed by atoms with Crippen LogP contribution >= 0.6 is 11.3 Å². The molecule has 2 aliphatic rings. The average molecular weight is 769 g/mol. The number of ether oxygens (including phenoxy) is 1. The lowest BCUT2D eigenvalue weighted by molar-refractivity contribution is 0.436. The molecule has 59 heavy (non-hydrogen) atoms. The van der Waals surface area contributed by atoms with Crippen LogP contribution in [0.2, 0.25) is 0 Å². The highest BCUT2D eigenvalue weighted by Gasteiger charge is 2.51. The van der Waals surface area contributed by atoms with Gasteiger partial charge in [0.2, 0.25) is 0 Å². The molecule has 0 saturated heterocycles. The van der Waals surface area contributed by atoms with Crippen molar-refractivity contribution >= 4 is 53.2 Å². The van der Waals surface area contributed by atoms with E-state index in [1.165, 1.54) is 59.8 Å². The second-order valence-corrected chi connectivity index (χ2v) is 16.6. The molecule has 0 unspecified atom stereocenters. The molecule has 0 N–H and O–H groups in total. The van der Waals surface area contributed by atoms with Crippen molar-refractivity contribution in [1.29, 1.82) is 0 Å². The first-order chi connectivity index (χ1) is 29.2. The minimum absolute atomic E-state index is 0.554. The zero-order chi connectivity index (χ0) is 38.7. The molecule has 1 aliphatic heterocycles. The smallest absolute Gasteiger partial charge is 0.161 e. The third kappa shape index (κ3) is 4.58. The Kier molecular flexibility index (Phi) is 6.81. The van der Waals surface area contributed by atoms with Gasteiger partial charge in [-0.1, -0.05) is 164 Å². The van der Waals surface area contributed by atoms with E-state index in [1.54, 1.807) is 11.3 Å². The molecule has 13 rings (SSSR count). The Balaban J connectivity index is 1.03. The summed E-state index contributed by atoms with van der Waals surface area (Å²) in [6, 6.07) is 70.1. The van der Waals surface area contributed by atoms with Gasteiger partial charge in [-0.3, -0.25) is 0 Å². The molecule has 3 heterocycles. The van der Waals surface area contributed by atoms with Gasteiger partial charge >= 0.3 is 0 Å². The van der Waals surface area contributed by atoms with Crippen molar-refractivity contribution in [3.63, 3.8) is 0 Å². The summed E-state index contributed by atoms with van der Waals surface area (Å²) in [5.74, 6) is 2.53. The maximum absolute atomic E-state index is 6.65. The highest BCUT2D eigenvalue weighted by molar-refractivity contribution is 7.26. The molecule has 0 bridgehead atoms. The van der Waals surface area contributed by atoms with Crippen LogP contribution in [0.15, 0.2) is 194 Å². The Labute approximate surface area is 344 Å². The van der Waals surface area contributed by atoms with E-state index in [4.69, 9.17) is 14.7 Å². The number of hydrogen-bond donors (Lipinski definition) is 0. The van der Waals surface area contributed by atoms with E-state index < -0.39 is 5.41 Å². The van der Waals surface area contributed by atoms with Crippen LogP contribution in [0, 0.1) is 0 Å². The molecule has 0 fully saturated rings. The van der Waals surface area contributed by atoms with Crippen LogP contribution in [-0.2, 0) is 5.41 Å². The van der Waals surface area contributed by atoms with Crippen LogP contribution in [0.25, 0.3) is 86.7 Å². The Bertz CT molecular complexity index is 3500. The quantitative estimate of drug-likeness (QED) is 0.180. The molecular weight excluding hydrogens is 737 g/mol. The van der Waals surface area contributed by atoms with E-state index >= 15 is 0 Å². The standard InChI is InChI=1S/C55H32N2OS/c1-2-15-37-32-46-42(31-36(37)14-1)50-39(19-12-23-45(50)55(46)43-21-6-8-24-47(43)58-48-25-9-7-22-44(48)55)34-27-29-35(30-28-34)51-53-52(41-18-5-10-26-49(41)59-53)57-54(56-51)40-20-11-16-33-13-3-4-17-38(33)40/h1-32H. The molecule has 4 heteroatoms. The predicted molar refractivity (Wildman–Crippen MR) is 244 cm³/mol. The van der Waals surface area contributed by atoms with E-state index in [2.05, 4.69) is 194 Å². The first-order valence-electron chi connectivity index (χ1n) is 20.1. The fraction of sp³-hybridized carbons (Fsp3) is 0.0182. The number of hydrogen-bond acceptors (Lipinski definition) is 4. The lowest BCUT2D eigenvalue weighted by atomic mass is 9.66. The van der Waals surface area contributed by atoms with Crippen molar-refractivity contribution in [2.75, 3.05) is 0 Å². The summed E-state index contributed by atoms with van der Waals surface area (Å²) >= 11 is 1.77. The first kappa shape index (κ1) is 32.7. The molecule has 9 aromatic carbocycles. The summed E-state index contributed by atoms with van der Waals surface area (Å²) in [6.07, 6.45) is 0. The van der Waals surface area contributed by atoms with Crippen LogP contribution in [-0.4, -0.2) is 9.97 Å². The maximum atomic E-state index is 6.65.